The molecule has 0 radical (unpaired) electrons. The quantitative estimate of drug-likeness (QED) is 0.744. The molecule has 16 heavy (non-hydrogen) atoms. The molecule has 0 aliphatic heterocycles. The first kappa shape index (κ1) is 11.1. The predicted octanol–water partition coefficient (Wildman–Crippen LogP) is 2.61. The van der Waals surface area contributed by atoms with Crippen LogP contribution in [0.15, 0.2) is 43.0 Å². The van der Waals surface area contributed by atoms with Crippen molar-refractivity contribution in [3.63, 3.8) is 0 Å². The Morgan fingerprint density at radius 2 is 2.25 bits per heavy atom. The van der Waals surface area contributed by atoms with Crippen molar-refractivity contribution >= 4 is 11.8 Å². The van der Waals surface area contributed by atoms with E-state index >= 15 is 0 Å². The van der Waals surface area contributed by atoms with Gasteiger partial charge in [0.15, 0.2) is 0 Å². The number of para-hydroxylation sites is 2. The van der Waals surface area contributed by atoms with Crippen molar-refractivity contribution in [2.75, 3.05) is 18.6 Å². The van der Waals surface area contributed by atoms with Gasteiger partial charge in [-0.05, 0) is 18.4 Å². The lowest BCUT2D eigenvalue weighted by atomic mass is 10.3. The third-order valence-electron chi connectivity index (χ3n) is 2.19. The summed E-state index contributed by atoms with van der Waals surface area (Å²) < 4.78 is 7.68. The van der Waals surface area contributed by atoms with E-state index < -0.39 is 0 Å². The van der Waals surface area contributed by atoms with Crippen molar-refractivity contribution < 1.29 is 4.74 Å². The third kappa shape index (κ3) is 2.58. The van der Waals surface area contributed by atoms with E-state index in [4.69, 9.17) is 4.74 Å². The first-order valence-electron chi connectivity index (χ1n) is 5.11. The number of thioether (sulfide) groups is 1. The van der Waals surface area contributed by atoms with Crippen LogP contribution < -0.4 is 4.74 Å². The summed E-state index contributed by atoms with van der Waals surface area (Å²) in [6.07, 6.45) is 7.53. The van der Waals surface area contributed by atoms with Crippen LogP contribution in [0.4, 0.5) is 0 Å². The summed E-state index contributed by atoms with van der Waals surface area (Å²) in [5.74, 6) is 1.90. The molecule has 1 aromatic heterocycles. The number of ether oxygens (including phenoxy) is 1. The fraction of sp³-hybridized carbons (Fsp3) is 0.250. The molecule has 0 aliphatic rings. The van der Waals surface area contributed by atoms with Gasteiger partial charge in [-0.3, -0.25) is 0 Å². The summed E-state index contributed by atoms with van der Waals surface area (Å²) in [7, 11) is 0. The molecule has 0 saturated carbocycles. The fourth-order valence-corrected chi connectivity index (χ4v) is 1.68. The maximum absolute atomic E-state index is 5.73. The molecule has 0 fully saturated rings. The van der Waals surface area contributed by atoms with E-state index in [2.05, 4.69) is 11.2 Å². The molecule has 1 heterocycles. The van der Waals surface area contributed by atoms with E-state index in [0.717, 1.165) is 23.8 Å². The van der Waals surface area contributed by atoms with Crippen LogP contribution in [0.1, 0.15) is 0 Å². The van der Waals surface area contributed by atoms with Gasteiger partial charge >= 0.3 is 0 Å². The zero-order valence-electron chi connectivity index (χ0n) is 9.17. The minimum absolute atomic E-state index is 0.729. The molecule has 0 atom stereocenters. The van der Waals surface area contributed by atoms with Crippen LogP contribution in [0, 0.1) is 0 Å². The molecule has 84 valence electrons. The highest BCUT2D eigenvalue weighted by Gasteiger charge is 2.03. The lowest BCUT2D eigenvalue weighted by Gasteiger charge is -2.11. The molecule has 0 aliphatic carbocycles. The average molecular weight is 234 g/mol. The zero-order valence-corrected chi connectivity index (χ0v) is 9.98. The van der Waals surface area contributed by atoms with Gasteiger partial charge in [-0.15, -0.1) is 0 Å². The lowest BCUT2D eigenvalue weighted by molar-refractivity contribution is 0.343. The summed E-state index contributed by atoms with van der Waals surface area (Å²) in [6, 6.07) is 7.98. The highest BCUT2D eigenvalue weighted by molar-refractivity contribution is 7.98. The van der Waals surface area contributed by atoms with E-state index in [1.54, 1.807) is 24.3 Å². The summed E-state index contributed by atoms with van der Waals surface area (Å²) in [6.45, 7) is 0.729. The summed E-state index contributed by atoms with van der Waals surface area (Å²) in [4.78, 5) is 4.04. The van der Waals surface area contributed by atoms with Gasteiger partial charge in [0.25, 0.3) is 0 Å². The second-order valence-electron chi connectivity index (χ2n) is 3.28. The Balaban J connectivity index is 2.18. The molecular formula is C12H14N2OS. The standard InChI is InChI=1S/C12H14N2OS/c1-16-9-8-15-12-5-3-2-4-11(12)14-7-6-13-10-14/h2-7,10H,8-9H2,1H3. The first-order chi connectivity index (χ1) is 7.92. The monoisotopic (exact) mass is 234 g/mol. The van der Waals surface area contributed by atoms with Crippen LogP contribution in [0.3, 0.4) is 0 Å². The third-order valence-corrected chi connectivity index (χ3v) is 2.77. The lowest BCUT2D eigenvalue weighted by Crippen LogP contribution is -2.03. The molecule has 4 heteroatoms. The number of rotatable bonds is 5. The minimum Gasteiger partial charge on any atom is -0.491 e. The Hall–Kier alpha value is -1.42. The second-order valence-corrected chi connectivity index (χ2v) is 4.26. The maximum atomic E-state index is 5.73. The molecule has 2 aromatic rings. The second kappa shape index (κ2) is 5.61. The van der Waals surface area contributed by atoms with Gasteiger partial charge in [0, 0.05) is 18.1 Å². The zero-order chi connectivity index (χ0) is 11.2. The number of nitrogens with zero attached hydrogens (tertiary/aromatic N) is 2. The molecule has 0 unspecified atom stereocenters. The number of hydrogen-bond acceptors (Lipinski definition) is 3. The first-order valence-corrected chi connectivity index (χ1v) is 6.50. The van der Waals surface area contributed by atoms with Gasteiger partial charge in [-0.25, -0.2) is 4.98 Å². The van der Waals surface area contributed by atoms with E-state index in [1.165, 1.54) is 0 Å². The van der Waals surface area contributed by atoms with Gasteiger partial charge in [-0.2, -0.15) is 11.8 Å². The minimum atomic E-state index is 0.729. The van der Waals surface area contributed by atoms with E-state index in [9.17, 15) is 0 Å². The largest absolute Gasteiger partial charge is 0.491 e. The molecule has 1 aromatic carbocycles. The molecular weight excluding hydrogens is 220 g/mol. The number of imidazole rings is 1. The van der Waals surface area contributed by atoms with Gasteiger partial charge in [0.05, 0.1) is 18.6 Å². The van der Waals surface area contributed by atoms with Crippen molar-refractivity contribution in [2.24, 2.45) is 0 Å². The van der Waals surface area contributed by atoms with Gasteiger partial charge in [0.2, 0.25) is 0 Å². The van der Waals surface area contributed by atoms with Crippen LogP contribution >= 0.6 is 11.8 Å². The topological polar surface area (TPSA) is 27.1 Å². The van der Waals surface area contributed by atoms with E-state index in [0.29, 0.717) is 0 Å². The maximum Gasteiger partial charge on any atom is 0.143 e. The Labute approximate surface area is 99.5 Å². The molecule has 0 bridgehead atoms. The molecule has 0 amide bonds. The number of aromatic nitrogens is 2. The van der Waals surface area contributed by atoms with Crippen LogP contribution in [0.5, 0.6) is 5.75 Å². The van der Waals surface area contributed by atoms with Gasteiger partial charge in [-0.1, -0.05) is 12.1 Å². The fourth-order valence-electron chi connectivity index (χ4n) is 1.43. The normalized spacial score (nSPS) is 10.3. The Bertz CT molecular complexity index is 428. The number of benzene rings is 1. The van der Waals surface area contributed by atoms with E-state index in [-0.39, 0.29) is 0 Å². The summed E-state index contributed by atoms with van der Waals surface area (Å²) >= 11 is 1.78. The van der Waals surface area contributed by atoms with Crippen molar-refractivity contribution in [1.82, 2.24) is 9.55 Å². The van der Waals surface area contributed by atoms with Crippen LogP contribution in [-0.4, -0.2) is 28.2 Å². The predicted molar refractivity (Wildman–Crippen MR) is 67.4 cm³/mol. The Morgan fingerprint density at radius 3 is 3.00 bits per heavy atom. The molecule has 0 spiro atoms. The average Bonchev–Trinajstić information content (AvgIpc) is 2.83. The van der Waals surface area contributed by atoms with Crippen molar-refractivity contribution in [3.8, 4) is 11.4 Å². The van der Waals surface area contributed by atoms with Gasteiger partial charge < -0.3 is 9.30 Å². The van der Waals surface area contributed by atoms with Crippen LogP contribution in [-0.2, 0) is 0 Å². The van der Waals surface area contributed by atoms with Crippen molar-refractivity contribution in [3.05, 3.63) is 43.0 Å². The highest BCUT2D eigenvalue weighted by Crippen LogP contribution is 2.22. The molecule has 0 saturated heterocycles. The van der Waals surface area contributed by atoms with Crippen molar-refractivity contribution in [2.45, 2.75) is 0 Å². The SMILES string of the molecule is CSCCOc1ccccc1-n1ccnc1. The highest BCUT2D eigenvalue weighted by atomic mass is 32.2. The summed E-state index contributed by atoms with van der Waals surface area (Å²) in [5.41, 5.74) is 1.03. The van der Waals surface area contributed by atoms with Crippen LogP contribution in [0.2, 0.25) is 0 Å². The molecule has 2 rings (SSSR count). The van der Waals surface area contributed by atoms with Crippen molar-refractivity contribution in [1.29, 1.82) is 0 Å². The van der Waals surface area contributed by atoms with Crippen LogP contribution in [0.25, 0.3) is 5.69 Å². The molecule has 0 N–H and O–H groups in total. The number of hydrogen-bond donors (Lipinski definition) is 0. The van der Waals surface area contributed by atoms with E-state index in [1.807, 2.05) is 35.0 Å². The molecule has 3 nitrogen and oxygen atoms in total. The Morgan fingerprint density at radius 1 is 1.38 bits per heavy atom. The Kier molecular flexibility index (Phi) is 3.88. The summed E-state index contributed by atoms with van der Waals surface area (Å²) in [5, 5.41) is 0. The smallest absolute Gasteiger partial charge is 0.143 e. The van der Waals surface area contributed by atoms with Gasteiger partial charge in [0.1, 0.15) is 5.75 Å².